The van der Waals surface area contributed by atoms with E-state index in [4.69, 9.17) is 5.73 Å². The van der Waals surface area contributed by atoms with E-state index in [2.05, 4.69) is 36.6 Å². The van der Waals surface area contributed by atoms with Gasteiger partial charge in [-0.3, -0.25) is 5.32 Å². The molecule has 8 heteroatoms. The van der Waals surface area contributed by atoms with Crippen molar-refractivity contribution in [1.82, 2.24) is 15.3 Å². The van der Waals surface area contributed by atoms with Gasteiger partial charge in [-0.15, -0.1) is 0 Å². The summed E-state index contributed by atoms with van der Waals surface area (Å²) < 4.78 is 0. The number of hydrogen-bond donors (Lipinski definition) is 3. The van der Waals surface area contributed by atoms with E-state index in [-0.39, 0.29) is 8.88 Å². The molecule has 0 saturated carbocycles. The van der Waals surface area contributed by atoms with Crippen LogP contribution in [0.4, 0.5) is 22.1 Å². The van der Waals surface area contributed by atoms with Crippen LogP contribution >= 0.6 is 0 Å². The first-order valence-electron chi connectivity index (χ1n) is 10.7. The third-order valence-electron chi connectivity index (χ3n) is 5.33. The number of nitrogens with one attached hydrogen (secondary N) is 2. The van der Waals surface area contributed by atoms with Crippen LogP contribution in [0.2, 0.25) is 0 Å². The molecule has 0 bridgehead atoms. The maximum atomic E-state index is 11.7. The van der Waals surface area contributed by atoms with E-state index in [0.29, 0.717) is 24.1 Å². The summed E-state index contributed by atoms with van der Waals surface area (Å²) in [4.78, 5) is 27.2. The first kappa shape index (κ1) is 22.3. The fourth-order valence-electron chi connectivity index (χ4n) is 3.82. The lowest BCUT2D eigenvalue weighted by Crippen LogP contribution is -2.34. The van der Waals surface area contributed by atoms with Crippen molar-refractivity contribution in [1.29, 1.82) is 0 Å². The Balaban J connectivity index is 0.00000272. The zero-order chi connectivity index (χ0) is 22.1. The van der Waals surface area contributed by atoms with E-state index >= 15 is 0 Å². The van der Waals surface area contributed by atoms with E-state index < -0.39 is 0 Å². The molecule has 8 nitrogen and oxygen atoms in total. The van der Waals surface area contributed by atoms with Gasteiger partial charge in [0.15, 0.2) is 5.82 Å². The van der Waals surface area contributed by atoms with Crippen LogP contribution in [0.1, 0.15) is 33.9 Å². The predicted molar refractivity (Wildman–Crippen MR) is 130 cm³/mol. The summed E-state index contributed by atoms with van der Waals surface area (Å²) in [6.07, 6.45) is 9.74. The molecule has 1 fully saturated rings. The third kappa shape index (κ3) is 6.53. The molecule has 0 aromatic carbocycles. The highest BCUT2D eigenvalue weighted by Gasteiger charge is 2.21. The maximum Gasteiger partial charge on any atom is 0.320 e. The largest absolute Gasteiger partial charge is 0.405 e. The highest BCUT2D eigenvalue weighted by atomic mass is 16.2. The summed E-state index contributed by atoms with van der Waals surface area (Å²) in [5, 5.41) is 5.50. The highest BCUT2D eigenvalue weighted by molar-refractivity contribution is 5.88. The van der Waals surface area contributed by atoms with Crippen LogP contribution in [0.5, 0.6) is 0 Å². The van der Waals surface area contributed by atoms with Crippen LogP contribution in [-0.4, -0.2) is 41.8 Å². The summed E-state index contributed by atoms with van der Waals surface area (Å²) in [5.41, 5.74) is 8.68. The molecule has 0 radical (unpaired) electrons. The number of urea groups is 1. The number of hydrogen-bond acceptors (Lipinski definition) is 6. The average molecular weight is 426 g/mol. The number of nitrogens with two attached hydrogens (primary N) is 1. The quantitative estimate of drug-likeness (QED) is 0.580. The number of aryl methyl sites for hydroxylation is 1. The Kier molecular flexibility index (Phi) is 7.98. The van der Waals surface area contributed by atoms with Crippen LogP contribution in [-0.2, 0) is 6.42 Å². The number of anilines is 2. The lowest BCUT2D eigenvalue weighted by Gasteiger charge is -2.34. The Hall–Kier alpha value is -3.42. The Morgan fingerprint density at radius 2 is 2.16 bits per heavy atom. The topological polar surface area (TPSA) is 109 Å². The fourth-order valence-corrected chi connectivity index (χ4v) is 3.82. The average Bonchev–Trinajstić information content (AvgIpc) is 2.75. The van der Waals surface area contributed by atoms with Crippen LogP contribution < -0.4 is 21.3 Å². The molecule has 1 saturated heterocycles. The van der Waals surface area contributed by atoms with Gasteiger partial charge in [-0.25, -0.2) is 19.8 Å². The van der Waals surface area contributed by atoms with Crippen molar-refractivity contribution in [2.75, 3.05) is 29.9 Å². The molecule has 168 valence electrons. The summed E-state index contributed by atoms with van der Waals surface area (Å²) >= 11 is 0. The zero-order valence-electron chi connectivity index (χ0n) is 18.2. The first-order chi connectivity index (χ1) is 15.1. The molecular formula is C23H35N7O. The Morgan fingerprint density at radius 1 is 1.35 bits per heavy atom. The summed E-state index contributed by atoms with van der Waals surface area (Å²) in [6, 6.07) is 7.81. The number of aromatic nitrogens is 2. The zero-order valence-corrected chi connectivity index (χ0v) is 18.2. The molecule has 0 spiro atoms. The lowest BCUT2D eigenvalue weighted by molar-refractivity contribution is 0.252. The molecule has 4 N–H and O–H groups in total. The molecule has 0 unspecified atom stereocenters. The van der Waals surface area contributed by atoms with Gasteiger partial charge in [0.05, 0.1) is 11.4 Å². The second kappa shape index (κ2) is 11.1. The molecule has 0 atom stereocenters. The monoisotopic (exact) mass is 425 g/mol. The third-order valence-corrected chi connectivity index (χ3v) is 5.33. The number of rotatable bonds is 7. The van der Waals surface area contributed by atoms with Crippen LogP contribution in [0.25, 0.3) is 0 Å². The van der Waals surface area contributed by atoms with Gasteiger partial charge in [-0.1, -0.05) is 0 Å². The second-order valence-corrected chi connectivity index (χ2v) is 7.61. The minimum atomic E-state index is -0.225. The van der Waals surface area contributed by atoms with Gasteiger partial charge < -0.3 is 16.0 Å². The fraction of sp³-hybridized carbons (Fsp3) is 0.391. The molecule has 1 aliphatic rings. The number of allylic oxidation sites excluding steroid dienone is 1. The molecule has 3 heterocycles. The molecule has 1 aliphatic heterocycles. The van der Waals surface area contributed by atoms with Gasteiger partial charge in [0, 0.05) is 34.9 Å². The summed E-state index contributed by atoms with van der Waals surface area (Å²) in [5.74, 6) is 1.88. The van der Waals surface area contributed by atoms with E-state index in [0.717, 1.165) is 38.0 Å². The van der Waals surface area contributed by atoms with Crippen molar-refractivity contribution in [2.45, 2.75) is 33.1 Å². The Morgan fingerprint density at radius 3 is 2.87 bits per heavy atom. The van der Waals surface area contributed by atoms with Crippen molar-refractivity contribution >= 4 is 29.6 Å². The molecule has 2 amide bonds. The minimum absolute atomic E-state index is 0. The van der Waals surface area contributed by atoms with Gasteiger partial charge in [0.1, 0.15) is 5.82 Å². The number of aliphatic imine (C=N–C) groups is 1. The van der Waals surface area contributed by atoms with Crippen molar-refractivity contribution < 1.29 is 7.65 Å². The van der Waals surface area contributed by atoms with Gasteiger partial charge in [0.25, 0.3) is 0 Å². The molecule has 2 aromatic rings. The Labute approximate surface area is 186 Å². The van der Waals surface area contributed by atoms with Crippen LogP contribution in [0.3, 0.4) is 0 Å². The SMILES string of the molecule is CCNC(=O)Nc1cc(CC2CCN(c3ccc(N=C/C=C\N)nc3C)CC2)ccn1.[HH].[HH]. The lowest BCUT2D eigenvalue weighted by atomic mass is 9.90. The first-order valence-corrected chi connectivity index (χ1v) is 10.7. The normalized spacial score (nSPS) is 15.0. The van der Waals surface area contributed by atoms with Gasteiger partial charge in [0.2, 0.25) is 0 Å². The maximum absolute atomic E-state index is 11.7. The van der Waals surface area contributed by atoms with Crippen molar-refractivity contribution in [3.63, 3.8) is 0 Å². The number of nitrogens with zero attached hydrogens (tertiary/aromatic N) is 4. The summed E-state index contributed by atoms with van der Waals surface area (Å²) in [6.45, 7) is 6.50. The van der Waals surface area contributed by atoms with Crippen LogP contribution in [0, 0.1) is 12.8 Å². The second-order valence-electron chi connectivity index (χ2n) is 7.61. The molecule has 3 rings (SSSR count). The molecule has 31 heavy (non-hydrogen) atoms. The minimum Gasteiger partial charge on any atom is -0.405 e. The van der Waals surface area contributed by atoms with Gasteiger partial charge in [-0.2, -0.15) is 0 Å². The summed E-state index contributed by atoms with van der Waals surface area (Å²) in [7, 11) is 0. The van der Waals surface area contributed by atoms with Gasteiger partial charge >= 0.3 is 6.03 Å². The van der Waals surface area contributed by atoms with E-state index in [1.807, 2.05) is 32.0 Å². The van der Waals surface area contributed by atoms with Crippen molar-refractivity contribution in [3.8, 4) is 0 Å². The number of piperidine rings is 1. The highest BCUT2D eigenvalue weighted by Crippen LogP contribution is 2.28. The van der Waals surface area contributed by atoms with E-state index in [9.17, 15) is 4.79 Å². The standard InChI is InChI=1S/C23H31N7O.2H2/c1-3-25-23(31)29-22-16-19(7-12-27-22)15-18-8-13-30(14-9-18)20-5-6-21(28-17(20)2)26-11-4-10-24;;/h4-7,10-12,16,18H,3,8-9,13-15,24H2,1-2H3,(H2,25,27,29,31);2*1H/b10-4-,26-11?;;. The number of amides is 2. The predicted octanol–water partition coefficient (Wildman–Crippen LogP) is 4.05. The van der Waals surface area contributed by atoms with E-state index in [1.54, 1.807) is 18.5 Å². The number of pyridine rings is 2. The van der Waals surface area contributed by atoms with Crippen LogP contribution in [0.15, 0.2) is 47.7 Å². The molecule has 2 aromatic heterocycles. The number of carbonyl (C=O) groups is 1. The van der Waals surface area contributed by atoms with E-state index in [1.165, 1.54) is 17.5 Å². The van der Waals surface area contributed by atoms with Crippen molar-refractivity contribution in [2.24, 2.45) is 16.6 Å². The van der Waals surface area contributed by atoms with Crippen molar-refractivity contribution in [3.05, 3.63) is 54.0 Å². The molecule has 0 aliphatic carbocycles. The van der Waals surface area contributed by atoms with Gasteiger partial charge in [-0.05, 0) is 81.1 Å². The number of carbonyl (C=O) groups excluding carboxylic acids is 1. The Bertz CT molecular complexity index is 944. The molecular weight excluding hydrogens is 390 g/mol. The smallest absolute Gasteiger partial charge is 0.320 e.